The fourth-order valence-corrected chi connectivity index (χ4v) is 5.60. The first kappa shape index (κ1) is 38.8. The highest BCUT2D eigenvalue weighted by atomic mass is 19.4. The number of carbonyl (C=O) groups is 2. The Morgan fingerprint density at radius 3 is 2.29 bits per heavy atom. The Kier molecular flexibility index (Phi) is 11.8. The molecule has 4 rings (SSSR count). The molecule has 3 aromatic rings. The number of methoxy groups -OCH3 is 1. The van der Waals surface area contributed by atoms with Crippen LogP contribution in [0.15, 0.2) is 54.7 Å². The number of nitriles is 1. The van der Waals surface area contributed by atoms with E-state index >= 15 is 0 Å². The van der Waals surface area contributed by atoms with Gasteiger partial charge in [-0.05, 0) is 86.3 Å². The second-order valence-electron chi connectivity index (χ2n) is 12.5. The van der Waals surface area contributed by atoms with Crippen molar-refractivity contribution in [3.8, 4) is 11.8 Å². The number of aromatic nitrogens is 1. The van der Waals surface area contributed by atoms with E-state index in [9.17, 15) is 46.3 Å². The van der Waals surface area contributed by atoms with Crippen molar-refractivity contribution in [2.24, 2.45) is 5.41 Å². The highest BCUT2D eigenvalue weighted by Crippen LogP contribution is 2.46. The first-order valence-electron chi connectivity index (χ1n) is 15.8. The van der Waals surface area contributed by atoms with Crippen LogP contribution >= 0.6 is 0 Å². The number of carbonyl (C=O) groups excluding carboxylic acids is 1. The maximum Gasteiger partial charge on any atom is 0.416 e. The zero-order chi connectivity index (χ0) is 37.7. The Hall–Kier alpha value is -5.04. The molecule has 16 heteroatoms. The molecule has 0 radical (unpaired) electrons. The monoisotopic (exact) mass is 722 g/mol. The van der Waals surface area contributed by atoms with Gasteiger partial charge in [0.15, 0.2) is 0 Å². The number of alkyl halides is 6. The largest absolute Gasteiger partial charge is 0.490 e. The summed E-state index contributed by atoms with van der Waals surface area (Å²) in [5, 5.41) is 19.0. The smallest absolute Gasteiger partial charge is 0.416 e. The number of hydrogen-bond acceptors (Lipinski definition) is 8. The van der Waals surface area contributed by atoms with Gasteiger partial charge >= 0.3 is 24.4 Å². The summed E-state index contributed by atoms with van der Waals surface area (Å²) in [6.07, 6.45) is -8.98. The number of benzene rings is 2. The molecule has 2 atom stereocenters. The van der Waals surface area contributed by atoms with Gasteiger partial charge in [-0.1, -0.05) is 6.92 Å². The number of anilines is 2. The van der Waals surface area contributed by atoms with Gasteiger partial charge in [0.05, 0.1) is 52.7 Å². The summed E-state index contributed by atoms with van der Waals surface area (Å²) in [4.78, 5) is 32.4. The molecule has 0 saturated carbocycles. The fourth-order valence-electron chi connectivity index (χ4n) is 5.60. The number of carboxylic acids is 1. The Morgan fingerprint density at radius 2 is 1.73 bits per heavy atom. The lowest BCUT2D eigenvalue weighted by atomic mass is 9.87. The minimum atomic E-state index is -4.80. The minimum absolute atomic E-state index is 0.00123. The number of nitrogens with zero attached hydrogens (tertiary/aromatic N) is 4. The Labute approximate surface area is 290 Å². The van der Waals surface area contributed by atoms with Gasteiger partial charge in [-0.2, -0.15) is 31.6 Å². The second-order valence-corrected chi connectivity index (χ2v) is 12.5. The molecule has 51 heavy (non-hydrogen) atoms. The molecule has 1 aromatic heterocycles. The molecule has 10 nitrogen and oxygen atoms in total. The van der Waals surface area contributed by atoms with Crippen LogP contribution in [0.3, 0.4) is 0 Å². The predicted molar refractivity (Wildman–Crippen MR) is 172 cm³/mol. The van der Waals surface area contributed by atoms with Crippen molar-refractivity contribution in [3.63, 3.8) is 0 Å². The molecule has 1 aliphatic rings. The van der Waals surface area contributed by atoms with E-state index in [0.29, 0.717) is 11.8 Å². The molecule has 0 aliphatic carbocycles. The van der Waals surface area contributed by atoms with Crippen molar-refractivity contribution in [1.82, 2.24) is 4.98 Å². The summed E-state index contributed by atoms with van der Waals surface area (Å²) >= 11 is 0. The number of ether oxygens (including phenoxy) is 3. The SMILES string of the molecule is CC[C@@H]1C[C@H](N(Cc2cc(C#N)cc(C(F)(F)F)c2)c2ccc(OCCOC)cn2)c2cc(C(F)(F)F)ccc2N1C(=O)OCC(C)(C)C(=O)O. The van der Waals surface area contributed by atoms with Gasteiger partial charge in [-0.15, -0.1) is 0 Å². The van der Waals surface area contributed by atoms with Gasteiger partial charge in [0, 0.05) is 19.7 Å². The lowest BCUT2D eigenvalue weighted by Crippen LogP contribution is -2.48. The molecule has 274 valence electrons. The average Bonchev–Trinajstić information content (AvgIpc) is 3.08. The third kappa shape index (κ3) is 9.20. The van der Waals surface area contributed by atoms with E-state index in [1.165, 1.54) is 49.1 Å². The van der Waals surface area contributed by atoms with Crippen LogP contribution in [0.1, 0.15) is 67.5 Å². The molecule has 1 N–H and O–H groups in total. The number of pyridine rings is 1. The second kappa shape index (κ2) is 15.5. The lowest BCUT2D eigenvalue weighted by molar-refractivity contribution is -0.149. The predicted octanol–water partition coefficient (Wildman–Crippen LogP) is 8.00. The molecule has 1 aliphatic heterocycles. The number of aliphatic carboxylic acids is 1. The summed E-state index contributed by atoms with van der Waals surface area (Å²) < 4.78 is 100. The number of fused-ring (bicyclic) bond motifs is 1. The topological polar surface area (TPSA) is 125 Å². The van der Waals surface area contributed by atoms with Crippen LogP contribution in [0.4, 0.5) is 42.6 Å². The quantitative estimate of drug-likeness (QED) is 0.146. The van der Waals surface area contributed by atoms with Gasteiger partial charge < -0.3 is 24.2 Å². The van der Waals surface area contributed by atoms with Crippen LogP contribution in [0.5, 0.6) is 5.75 Å². The summed E-state index contributed by atoms with van der Waals surface area (Å²) in [7, 11) is 1.49. The molecule has 0 saturated heterocycles. The Balaban J connectivity index is 1.89. The number of amides is 1. The van der Waals surface area contributed by atoms with E-state index in [1.807, 2.05) is 0 Å². The van der Waals surface area contributed by atoms with Crippen molar-refractivity contribution in [2.75, 3.05) is 36.7 Å². The van der Waals surface area contributed by atoms with E-state index in [2.05, 4.69) is 4.98 Å². The molecule has 0 fully saturated rings. The maximum atomic E-state index is 14.1. The third-order valence-corrected chi connectivity index (χ3v) is 8.39. The van der Waals surface area contributed by atoms with E-state index in [1.54, 1.807) is 19.1 Å². The molecule has 0 spiro atoms. The molecular formula is C35H36F6N4O6. The summed E-state index contributed by atoms with van der Waals surface area (Å²) in [6.45, 7) is 4.03. The minimum Gasteiger partial charge on any atom is -0.490 e. The standard InChI is InChI=1S/C35H36F6N4O6/c1-5-25-16-29(27-15-23(34(36,37)38)6-8-28(27)45(25)32(48)51-20-33(2,3)31(46)47)44(30-9-7-26(18-43-30)50-11-10-49-4)19-22-12-21(17-42)13-24(14-22)35(39,40)41/h6-9,12-15,18,25,29H,5,10-11,16,19-20H2,1-4H3,(H,46,47)/t25-,29+/m1/s1. The summed E-state index contributed by atoms with van der Waals surface area (Å²) in [5.74, 6) is -0.745. The molecule has 2 aromatic carbocycles. The maximum absolute atomic E-state index is 14.1. The van der Waals surface area contributed by atoms with Crippen LogP contribution in [0.2, 0.25) is 0 Å². The number of rotatable bonds is 12. The normalized spacial score (nSPS) is 16.2. The highest BCUT2D eigenvalue weighted by Gasteiger charge is 2.42. The Bertz CT molecular complexity index is 1760. The highest BCUT2D eigenvalue weighted by molar-refractivity contribution is 5.91. The first-order chi connectivity index (χ1) is 23.9. The van der Waals surface area contributed by atoms with E-state index in [-0.39, 0.29) is 60.8 Å². The van der Waals surface area contributed by atoms with Crippen molar-refractivity contribution in [2.45, 2.75) is 64.6 Å². The molecular weight excluding hydrogens is 686 g/mol. The zero-order valence-electron chi connectivity index (χ0n) is 28.1. The number of carboxylic acid groups (broad SMARTS) is 1. The van der Waals surface area contributed by atoms with Gasteiger partial charge in [0.2, 0.25) is 0 Å². The molecule has 2 heterocycles. The number of halogens is 6. The van der Waals surface area contributed by atoms with E-state index < -0.39 is 59.6 Å². The lowest BCUT2D eigenvalue weighted by Gasteiger charge is -2.44. The average molecular weight is 723 g/mol. The van der Waals surface area contributed by atoms with Crippen molar-refractivity contribution >= 4 is 23.6 Å². The van der Waals surface area contributed by atoms with Gasteiger partial charge in [-0.3, -0.25) is 9.69 Å². The van der Waals surface area contributed by atoms with Crippen molar-refractivity contribution in [1.29, 1.82) is 5.26 Å². The van der Waals surface area contributed by atoms with Crippen molar-refractivity contribution < 1.29 is 55.2 Å². The molecule has 0 unspecified atom stereocenters. The van der Waals surface area contributed by atoms with Crippen molar-refractivity contribution in [3.05, 3.63) is 82.5 Å². The van der Waals surface area contributed by atoms with E-state index in [0.717, 1.165) is 24.3 Å². The van der Waals surface area contributed by atoms with Crippen LogP contribution in [0.25, 0.3) is 0 Å². The van der Waals surface area contributed by atoms with Crippen LogP contribution in [-0.2, 0) is 33.2 Å². The van der Waals surface area contributed by atoms with Crippen LogP contribution in [0, 0.1) is 16.7 Å². The van der Waals surface area contributed by atoms with Gasteiger partial charge in [-0.25, -0.2) is 9.78 Å². The van der Waals surface area contributed by atoms with E-state index in [4.69, 9.17) is 14.2 Å². The fraction of sp³-hybridized carbons (Fsp3) is 0.429. The Morgan fingerprint density at radius 1 is 1.02 bits per heavy atom. The summed E-state index contributed by atoms with van der Waals surface area (Å²) in [5.41, 5.74) is -3.80. The zero-order valence-corrected chi connectivity index (χ0v) is 28.1. The molecule has 0 bridgehead atoms. The van der Waals surface area contributed by atoms with Crippen LogP contribution < -0.4 is 14.5 Å². The van der Waals surface area contributed by atoms with Crippen LogP contribution in [-0.4, -0.2) is 55.1 Å². The number of hydrogen-bond donors (Lipinski definition) is 1. The van der Waals surface area contributed by atoms with Gasteiger partial charge in [0.25, 0.3) is 0 Å². The summed E-state index contributed by atoms with van der Waals surface area (Å²) in [6, 6.07) is 8.66. The first-order valence-corrected chi connectivity index (χ1v) is 15.8. The molecule has 1 amide bonds. The van der Waals surface area contributed by atoms with Gasteiger partial charge in [0.1, 0.15) is 24.8 Å². The third-order valence-electron chi connectivity index (χ3n) is 8.39.